The van der Waals surface area contributed by atoms with Gasteiger partial charge in [-0.15, -0.1) is 0 Å². The summed E-state index contributed by atoms with van der Waals surface area (Å²) in [6, 6.07) is 0.388. The Balaban J connectivity index is 2.51. The van der Waals surface area contributed by atoms with Crippen LogP contribution in [0.15, 0.2) is 0 Å². The molecule has 1 aliphatic rings. The van der Waals surface area contributed by atoms with Crippen molar-refractivity contribution in [1.29, 1.82) is 0 Å². The molecule has 3 heteroatoms. The summed E-state index contributed by atoms with van der Waals surface area (Å²) in [6.45, 7) is 5.17. The van der Waals surface area contributed by atoms with Gasteiger partial charge in [0, 0.05) is 6.04 Å². The summed E-state index contributed by atoms with van der Waals surface area (Å²) in [5.74, 6) is 0. The third-order valence-corrected chi connectivity index (χ3v) is 2.35. The molecule has 0 bridgehead atoms. The van der Waals surface area contributed by atoms with E-state index >= 15 is 0 Å². The van der Waals surface area contributed by atoms with Crippen molar-refractivity contribution >= 4 is 0 Å². The number of hydrogen-bond donors (Lipinski definition) is 2. The third kappa shape index (κ3) is 1.92. The highest BCUT2D eigenvalue weighted by molar-refractivity contribution is 4.82. The number of aliphatic hydroxyl groups excluding tert-OH is 1. The molecule has 2 N–H and O–H groups in total. The van der Waals surface area contributed by atoms with E-state index in [0.717, 1.165) is 19.4 Å². The molecule has 1 atom stereocenters. The number of likely N-dealkylation sites (tertiary alicyclic amines) is 1. The molecule has 0 spiro atoms. The van der Waals surface area contributed by atoms with E-state index in [-0.39, 0.29) is 6.04 Å². The largest absolute Gasteiger partial charge is 0.367 e. The van der Waals surface area contributed by atoms with Gasteiger partial charge >= 0.3 is 0 Å². The minimum atomic E-state index is -1.17. The molecule has 0 aromatic rings. The van der Waals surface area contributed by atoms with Gasteiger partial charge in [0.1, 0.15) is 0 Å². The first-order valence-electron chi connectivity index (χ1n) is 4.25. The molecule has 1 saturated heterocycles. The van der Waals surface area contributed by atoms with Gasteiger partial charge in [-0.25, -0.2) is 0 Å². The first-order valence-corrected chi connectivity index (χ1v) is 4.25. The van der Waals surface area contributed by atoms with E-state index in [0.29, 0.717) is 6.04 Å². The van der Waals surface area contributed by atoms with Crippen molar-refractivity contribution in [3.8, 4) is 0 Å². The Kier molecular flexibility index (Phi) is 2.87. The van der Waals surface area contributed by atoms with Crippen LogP contribution in [-0.4, -0.2) is 40.0 Å². The Labute approximate surface area is 67.6 Å². The first kappa shape index (κ1) is 8.97. The number of nitrogens with zero attached hydrogens (tertiary/aromatic N) is 1. The predicted octanol–water partition coefficient (Wildman–Crippen LogP) is 0.170. The quantitative estimate of drug-likeness (QED) is 0.564. The molecule has 0 saturated carbocycles. The van der Waals surface area contributed by atoms with Crippen LogP contribution in [0.25, 0.3) is 0 Å². The molecule has 0 amide bonds. The molecule has 1 unspecified atom stereocenters. The molecule has 1 aliphatic heterocycles. The van der Waals surface area contributed by atoms with Crippen molar-refractivity contribution in [2.24, 2.45) is 0 Å². The van der Waals surface area contributed by atoms with E-state index < -0.39 is 6.29 Å². The van der Waals surface area contributed by atoms with Crippen LogP contribution in [0, 0.1) is 0 Å². The zero-order chi connectivity index (χ0) is 8.43. The monoisotopic (exact) mass is 159 g/mol. The molecule has 0 aromatic carbocycles. The van der Waals surface area contributed by atoms with Crippen LogP contribution in [-0.2, 0) is 0 Å². The van der Waals surface area contributed by atoms with E-state index in [1.54, 1.807) is 0 Å². The third-order valence-electron chi connectivity index (χ3n) is 2.35. The van der Waals surface area contributed by atoms with Crippen LogP contribution in [0.2, 0.25) is 0 Å². The SMILES string of the molecule is CC(C)N1CCCC1C(O)O. The normalized spacial score (nSPS) is 27.3. The maximum atomic E-state index is 8.99. The Morgan fingerprint density at radius 1 is 1.36 bits per heavy atom. The highest BCUT2D eigenvalue weighted by Crippen LogP contribution is 2.21. The smallest absolute Gasteiger partial charge is 0.167 e. The first-order chi connectivity index (χ1) is 5.13. The van der Waals surface area contributed by atoms with Gasteiger partial charge in [-0.2, -0.15) is 0 Å². The zero-order valence-corrected chi connectivity index (χ0v) is 7.20. The van der Waals surface area contributed by atoms with Gasteiger partial charge in [-0.1, -0.05) is 0 Å². The Hall–Kier alpha value is -0.120. The van der Waals surface area contributed by atoms with E-state index in [9.17, 15) is 0 Å². The lowest BCUT2D eigenvalue weighted by atomic mass is 10.2. The van der Waals surface area contributed by atoms with Crippen LogP contribution in [0.5, 0.6) is 0 Å². The van der Waals surface area contributed by atoms with Crippen LogP contribution < -0.4 is 0 Å². The standard InChI is InChI=1S/C8H17NO2/c1-6(2)9-5-3-4-7(9)8(10)11/h6-8,10-11H,3-5H2,1-2H3. The van der Waals surface area contributed by atoms with Crippen molar-refractivity contribution < 1.29 is 10.2 Å². The molecular formula is C8H17NO2. The summed E-state index contributed by atoms with van der Waals surface area (Å²) in [5.41, 5.74) is 0. The number of hydrogen-bond acceptors (Lipinski definition) is 3. The fourth-order valence-corrected chi connectivity index (χ4v) is 1.78. The van der Waals surface area contributed by atoms with Crippen molar-refractivity contribution in [2.75, 3.05) is 6.54 Å². The topological polar surface area (TPSA) is 43.7 Å². The van der Waals surface area contributed by atoms with Crippen LogP contribution >= 0.6 is 0 Å². The average molecular weight is 159 g/mol. The fourth-order valence-electron chi connectivity index (χ4n) is 1.78. The molecule has 0 radical (unpaired) electrons. The zero-order valence-electron chi connectivity index (χ0n) is 7.20. The Morgan fingerprint density at radius 3 is 2.36 bits per heavy atom. The highest BCUT2D eigenvalue weighted by Gasteiger charge is 2.30. The maximum Gasteiger partial charge on any atom is 0.167 e. The lowest BCUT2D eigenvalue weighted by Crippen LogP contribution is -2.42. The molecule has 11 heavy (non-hydrogen) atoms. The van der Waals surface area contributed by atoms with Crippen molar-refractivity contribution in [1.82, 2.24) is 4.90 Å². The fraction of sp³-hybridized carbons (Fsp3) is 1.00. The molecule has 66 valence electrons. The molecule has 0 aliphatic carbocycles. The highest BCUT2D eigenvalue weighted by atomic mass is 16.5. The van der Waals surface area contributed by atoms with Gasteiger partial charge in [0.25, 0.3) is 0 Å². The molecule has 0 aromatic heterocycles. The molecule has 1 fully saturated rings. The molecular weight excluding hydrogens is 142 g/mol. The Bertz CT molecular complexity index is 111. The summed E-state index contributed by atoms with van der Waals surface area (Å²) >= 11 is 0. The molecule has 1 heterocycles. The summed E-state index contributed by atoms with van der Waals surface area (Å²) in [7, 11) is 0. The van der Waals surface area contributed by atoms with Crippen LogP contribution in [0.1, 0.15) is 26.7 Å². The lowest BCUT2D eigenvalue weighted by molar-refractivity contribution is -0.0952. The van der Waals surface area contributed by atoms with Gasteiger partial charge in [0.2, 0.25) is 0 Å². The average Bonchev–Trinajstić information content (AvgIpc) is 2.32. The number of rotatable bonds is 2. The van der Waals surface area contributed by atoms with Crippen LogP contribution in [0.3, 0.4) is 0 Å². The van der Waals surface area contributed by atoms with Gasteiger partial charge in [0.15, 0.2) is 6.29 Å². The summed E-state index contributed by atoms with van der Waals surface area (Å²) < 4.78 is 0. The second-order valence-corrected chi connectivity index (χ2v) is 3.45. The molecule has 1 rings (SSSR count). The van der Waals surface area contributed by atoms with Gasteiger partial charge in [-0.3, -0.25) is 4.90 Å². The second-order valence-electron chi connectivity index (χ2n) is 3.45. The molecule has 3 nitrogen and oxygen atoms in total. The van der Waals surface area contributed by atoms with E-state index in [4.69, 9.17) is 10.2 Å². The minimum absolute atomic E-state index is 0.0324. The van der Waals surface area contributed by atoms with Gasteiger partial charge in [-0.05, 0) is 33.2 Å². The van der Waals surface area contributed by atoms with E-state index in [1.807, 2.05) is 0 Å². The lowest BCUT2D eigenvalue weighted by Gasteiger charge is -2.29. The van der Waals surface area contributed by atoms with Crippen LogP contribution in [0.4, 0.5) is 0 Å². The number of aliphatic hydroxyl groups is 2. The minimum Gasteiger partial charge on any atom is -0.367 e. The summed E-state index contributed by atoms with van der Waals surface area (Å²) in [4.78, 5) is 2.14. The predicted molar refractivity (Wildman–Crippen MR) is 43.1 cm³/mol. The Morgan fingerprint density at radius 2 is 2.00 bits per heavy atom. The van der Waals surface area contributed by atoms with Crippen molar-refractivity contribution in [3.05, 3.63) is 0 Å². The van der Waals surface area contributed by atoms with Gasteiger partial charge in [0.05, 0.1) is 6.04 Å². The summed E-state index contributed by atoms with van der Waals surface area (Å²) in [5, 5.41) is 18.0. The van der Waals surface area contributed by atoms with Crippen molar-refractivity contribution in [3.63, 3.8) is 0 Å². The second kappa shape index (κ2) is 3.52. The van der Waals surface area contributed by atoms with Gasteiger partial charge < -0.3 is 10.2 Å². The van der Waals surface area contributed by atoms with E-state index in [1.165, 1.54) is 0 Å². The van der Waals surface area contributed by atoms with E-state index in [2.05, 4.69) is 18.7 Å². The summed E-state index contributed by atoms with van der Waals surface area (Å²) in [6.07, 6.45) is 0.830. The maximum absolute atomic E-state index is 8.99. The van der Waals surface area contributed by atoms with Crippen molar-refractivity contribution in [2.45, 2.75) is 45.1 Å².